The molecule has 2 bridgehead atoms. The first-order valence-electron chi connectivity index (χ1n) is 8.62. The highest BCUT2D eigenvalue weighted by molar-refractivity contribution is 5.00. The van der Waals surface area contributed by atoms with Crippen molar-refractivity contribution in [3.63, 3.8) is 0 Å². The van der Waals surface area contributed by atoms with Gasteiger partial charge in [-0.3, -0.25) is 4.90 Å². The molecular weight excluding hydrogens is 232 g/mol. The summed E-state index contributed by atoms with van der Waals surface area (Å²) in [5, 5.41) is 3.80. The minimum absolute atomic E-state index is 0.541. The van der Waals surface area contributed by atoms with Gasteiger partial charge < -0.3 is 5.32 Å². The van der Waals surface area contributed by atoms with Crippen molar-refractivity contribution in [2.45, 2.75) is 96.3 Å². The van der Waals surface area contributed by atoms with Gasteiger partial charge in [-0.2, -0.15) is 0 Å². The highest BCUT2D eigenvalue weighted by Crippen LogP contribution is 2.43. The lowest BCUT2D eigenvalue weighted by molar-refractivity contribution is 0.0455. The van der Waals surface area contributed by atoms with Crippen LogP contribution in [0.25, 0.3) is 0 Å². The summed E-state index contributed by atoms with van der Waals surface area (Å²) in [6.45, 7) is 8.68. The van der Waals surface area contributed by atoms with Gasteiger partial charge in [-0.15, -0.1) is 0 Å². The van der Waals surface area contributed by atoms with Crippen molar-refractivity contribution in [1.82, 2.24) is 10.2 Å². The molecule has 2 nitrogen and oxygen atoms in total. The van der Waals surface area contributed by atoms with E-state index in [1.165, 1.54) is 57.9 Å². The molecule has 3 aliphatic rings. The Morgan fingerprint density at radius 1 is 1.11 bits per heavy atom. The summed E-state index contributed by atoms with van der Waals surface area (Å²) >= 11 is 0. The second-order valence-corrected chi connectivity index (χ2v) is 7.90. The Bertz CT molecular complexity index is 300. The van der Waals surface area contributed by atoms with Gasteiger partial charge in [0.05, 0.1) is 0 Å². The highest BCUT2D eigenvalue weighted by Gasteiger charge is 2.43. The molecule has 3 unspecified atom stereocenters. The van der Waals surface area contributed by atoms with Gasteiger partial charge in [0.2, 0.25) is 0 Å². The third-order valence-corrected chi connectivity index (χ3v) is 6.00. The lowest BCUT2D eigenvalue weighted by Crippen LogP contribution is -2.54. The summed E-state index contributed by atoms with van der Waals surface area (Å²) in [5.74, 6) is 0. The van der Waals surface area contributed by atoms with E-state index in [2.05, 4.69) is 31.0 Å². The number of hydrogen-bond acceptors (Lipinski definition) is 2. The van der Waals surface area contributed by atoms with Gasteiger partial charge in [-0.1, -0.05) is 27.2 Å². The van der Waals surface area contributed by atoms with Gasteiger partial charge in [0.25, 0.3) is 0 Å². The van der Waals surface area contributed by atoms with Crippen LogP contribution in [0, 0.1) is 5.41 Å². The van der Waals surface area contributed by atoms with E-state index in [9.17, 15) is 0 Å². The molecule has 3 atom stereocenters. The van der Waals surface area contributed by atoms with E-state index in [0.717, 1.165) is 24.2 Å². The van der Waals surface area contributed by atoms with E-state index in [1.54, 1.807) is 0 Å². The molecule has 0 aromatic rings. The molecule has 0 radical (unpaired) electrons. The largest absolute Gasteiger partial charge is 0.311 e. The van der Waals surface area contributed by atoms with Gasteiger partial charge in [0.1, 0.15) is 0 Å². The van der Waals surface area contributed by atoms with E-state index >= 15 is 0 Å². The predicted molar refractivity (Wildman–Crippen MR) is 81.4 cm³/mol. The molecule has 2 heterocycles. The fourth-order valence-electron chi connectivity index (χ4n) is 5.07. The van der Waals surface area contributed by atoms with E-state index in [0.29, 0.717) is 5.41 Å². The smallest absolute Gasteiger partial charge is 0.0149 e. The van der Waals surface area contributed by atoms with Gasteiger partial charge in [-0.25, -0.2) is 0 Å². The van der Waals surface area contributed by atoms with Crippen molar-refractivity contribution in [2.75, 3.05) is 6.54 Å². The Labute approximate surface area is 119 Å². The maximum atomic E-state index is 3.80. The van der Waals surface area contributed by atoms with Gasteiger partial charge in [0, 0.05) is 24.2 Å². The van der Waals surface area contributed by atoms with Crippen LogP contribution in [0.15, 0.2) is 0 Å². The van der Waals surface area contributed by atoms with E-state index in [4.69, 9.17) is 0 Å². The summed E-state index contributed by atoms with van der Waals surface area (Å²) in [6, 6.07) is 3.36. The van der Waals surface area contributed by atoms with Crippen LogP contribution in [0.5, 0.6) is 0 Å². The van der Waals surface area contributed by atoms with Crippen molar-refractivity contribution in [1.29, 1.82) is 0 Å². The van der Waals surface area contributed by atoms with Crippen LogP contribution in [0.2, 0.25) is 0 Å². The zero-order valence-electron chi connectivity index (χ0n) is 13.1. The molecular formula is C17H32N2. The van der Waals surface area contributed by atoms with Crippen LogP contribution in [-0.2, 0) is 0 Å². The average molecular weight is 264 g/mol. The maximum Gasteiger partial charge on any atom is 0.0149 e. The van der Waals surface area contributed by atoms with Crippen LogP contribution in [0.3, 0.4) is 0 Å². The molecule has 0 spiro atoms. The molecule has 2 aliphatic heterocycles. The first kappa shape index (κ1) is 13.9. The molecule has 3 rings (SSSR count). The summed E-state index contributed by atoms with van der Waals surface area (Å²) in [6.07, 6.45) is 11.3. The molecule has 1 aliphatic carbocycles. The zero-order valence-corrected chi connectivity index (χ0v) is 13.1. The van der Waals surface area contributed by atoms with Crippen molar-refractivity contribution in [3.8, 4) is 0 Å². The minimum Gasteiger partial charge on any atom is -0.311 e. The molecule has 0 aromatic carbocycles. The lowest BCUT2D eigenvalue weighted by atomic mass is 9.84. The van der Waals surface area contributed by atoms with E-state index in [-0.39, 0.29) is 0 Å². The van der Waals surface area contributed by atoms with Crippen molar-refractivity contribution in [3.05, 3.63) is 0 Å². The molecule has 0 amide bonds. The minimum atomic E-state index is 0.541. The predicted octanol–water partition coefficient (Wildman–Crippen LogP) is 3.56. The molecule has 110 valence electrons. The fourth-order valence-corrected chi connectivity index (χ4v) is 5.07. The number of nitrogens with zero attached hydrogens (tertiary/aromatic N) is 1. The second-order valence-electron chi connectivity index (χ2n) is 7.90. The van der Waals surface area contributed by atoms with Gasteiger partial charge in [-0.05, 0) is 56.9 Å². The third-order valence-electron chi connectivity index (χ3n) is 6.00. The van der Waals surface area contributed by atoms with Crippen LogP contribution in [-0.4, -0.2) is 35.6 Å². The molecule has 1 N–H and O–H groups in total. The van der Waals surface area contributed by atoms with Gasteiger partial charge >= 0.3 is 0 Å². The van der Waals surface area contributed by atoms with Crippen LogP contribution < -0.4 is 5.32 Å². The Morgan fingerprint density at radius 2 is 1.79 bits per heavy atom. The molecule has 2 saturated heterocycles. The number of piperidine rings is 1. The van der Waals surface area contributed by atoms with Crippen molar-refractivity contribution < 1.29 is 0 Å². The molecule has 2 heteroatoms. The van der Waals surface area contributed by atoms with Gasteiger partial charge in [0.15, 0.2) is 0 Å². The maximum absolute atomic E-state index is 3.80. The summed E-state index contributed by atoms with van der Waals surface area (Å²) < 4.78 is 0. The average Bonchev–Trinajstić information content (AvgIpc) is 2.88. The fraction of sp³-hybridized carbons (Fsp3) is 1.00. The lowest BCUT2D eigenvalue weighted by Gasteiger charge is -2.45. The molecule has 19 heavy (non-hydrogen) atoms. The van der Waals surface area contributed by atoms with E-state index in [1.807, 2.05) is 0 Å². The number of hydrogen-bond donors (Lipinski definition) is 1. The third kappa shape index (κ3) is 2.71. The van der Waals surface area contributed by atoms with Crippen molar-refractivity contribution in [2.24, 2.45) is 5.41 Å². The summed E-state index contributed by atoms with van der Waals surface area (Å²) in [5.41, 5.74) is 0.541. The number of nitrogens with one attached hydrogen (secondary N) is 1. The quantitative estimate of drug-likeness (QED) is 0.835. The van der Waals surface area contributed by atoms with Crippen LogP contribution >= 0.6 is 0 Å². The number of fused-ring (bicyclic) bond motifs is 2. The monoisotopic (exact) mass is 264 g/mol. The Hall–Kier alpha value is -0.0800. The van der Waals surface area contributed by atoms with Crippen LogP contribution in [0.1, 0.15) is 72.1 Å². The molecule has 3 fully saturated rings. The number of rotatable bonds is 4. The van der Waals surface area contributed by atoms with Crippen molar-refractivity contribution >= 4 is 0 Å². The molecule has 1 saturated carbocycles. The Kier molecular flexibility index (Phi) is 3.92. The zero-order chi connectivity index (χ0) is 13.5. The summed E-state index contributed by atoms with van der Waals surface area (Å²) in [7, 11) is 0. The standard InChI is InChI=1S/C17H32N2/c1-4-10-19(16-6-5-9-17(16,2)3)15-11-13-7-8-14(12-15)18-13/h13-16,18H,4-12H2,1-3H3. The Morgan fingerprint density at radius 3 is 2.32 bits per heavy atom. The first-order chi connectivity index (χ1) is 9.10. The van der Waals surface area contributed by atoms with E-state index < -0.39 is 0 Å². The Balaban J connectivity index is 1.73. The summed E-state index contributed by atoms with van der Waals surface area (Å²) in [4.78, 5) is 2.93. The second kappa shape index (κ2) is 5.37. The topological polar surface area (TPSA) is 15.3 Å². The SMILES string of the molecule is CCCN(C1CC2CCC(C1)N2)C1CCCC1(C)C. The first-order valence-corrected chi connectivity index (χ1v) is 8.62. The highest BCUT2D eigenvalue weighted by atomic mass is 15.2. The normalized spacial score (nSPS) is 41.1. The van der Waals surface area contributed by atoms with Crippen LogP contribution in [0.4, 0.5) is 0 Å². The molecule has 0 aromatic heterocycles.